The maximum absolute atomic E-state index is 12.7. The van der Waals surface area contributed by atoms with Gasteiger partial charge in [0.1, 0.15) is 11.4 Å². The first-order valence-electron chi connectivity index (χ1n) is 8.80. The number of amides is 1. The van der Waals surface area contributed by atoms with Crippen LogP contribution in [0.5, 0.6) is 5.75 Å². The van der Waals surface area contributed by atoms with E-state index in [9.17, 15) is 9.59 Å². The number of carbonyl (C=O) groups is 2. The SMILES string of the molecule is COc1ccccc1CNC(=O)c1ccc(Cl)c(-c2cnc(C(=O)O)cc2C)c1. The number of nitrogens with one attached hydrogen (secondary N) is 1. The molecule has 0 fully saturated rings. The minimum atomic E-state index is -1.10. The molecule has 0 saturated heterocycles. The normalized spacial score (nSPS) is 10.4. The lowest BCUT2D eigenvalue weighted by molar-refractivity contribution is 0.0690. The minimum Gasteiger partial charge on any atom is -0.496 e. The second-order valence-electron chi connectivity index (χ2n) is 6.38. The van der Waals surface area contributed by atoms with E-state index >= 15 is 0 Å². The summed E-state index contributed by atoms with van der Waals surface area (Å²) in [4.78, 5) is 27.7. The Morgan fingerprint density at radius 3 is 2.59 bits per heavy atom. The molecule has 0 radical (unpaired) electrons. The Balaban J connectivity index is 1.85. The van der Waals surface area contributed by atoms with Crippen molar-refractivity contribution >= 4 is 23.5 Å². The molecule has 148 valence electrons. The molecule has 7 heteroatoms. The van der Waals surface area contributed by atoms with Crippen LogP contribution < -0.4 is 10.1 Å². The Morgan fingerprint density at radius 2 is 1.90 bits per heavy atom. The number of aryl methyl sites for hydroxylation is 1. The number of pyridine rings is 1. The van der Waals surface area contributed by atoms with Crippen molar-refractivity contribution in [2.75, 3.05) is 7.11 Å². The molecule has 0 bridgehead atoms. The fourth-order valence-electron chi connectivity index (χ4n) is 2.95. The van der Waals surface area contributed by atoms with E-state index in [-0.39, 0.29) is 11.6 Å². The third-order valence-electron chi connectivity index (χ3n) is 4.48. The van der Waals surface area contributed by atoms with Gasteiger partial charge in [0, 0.05) is 40.0 Å². The molecule has 0 atom stereocenters. The van der Waals surface area contributed by atoms with E-state index in [4.69, 9.17) is 21.4 Å². The third-order valence-corrected chi connectivity index (χ3v) is 4.81. The molecule has 2 N–H and O–H groups in total. The second-order valence-corrected chi connectivity index (χ2v) is 6.79. The van der Waals surface area contributed by atoms with Crippen LogP contribution in [-0.2, 0) is 6.54 Å². The van der Waals surface area contributed by atoms with Crippen molar-refractivity contribution in [1.82, 2.24) is 10.3 Å². The predicted molar refractivity (Wildman–Crippen MR) is 111 cm³/mol. The summed E-state index contributed by atoms with van der Waals surface area (Å²) in [5.41, 5.74) is 3.22. The van der Waals surface area contributed by atoms with Gasteiger partial charge in [-0.25, -0.2) is 9.78 Å². The van der Waals surface area contributed by atoms with Crippen LogP contribution in [0, 0.1) is 6.92 Å². The smallest absolute Gasteiger partial charge is 0.354 e. The van der Waals surface area contributed by atoms with E-state index in [1.54, 1.807) is 32.2 Å². The van der Waals surface area contributed by atoms with Gasteiger partial charge in [0.05, 0.1) is 7.11 Å². The quantitative estimate of drug-likeness (QED) is 0.630. The number of rotatable bonds is 6. The van der Waals surface area contributed by atoms with Crippen molar-refractivity contribution in [2.24, 2.45) is 0 Å². The van der Waals surface area contributed by atoms with Crippen LogP contribution in [0.2, 0.25) is 5.02 Å². The maximum Gasteiger partial charge on any atom is 0.354 e. The van der Waals surface area contributed by atoms with Crippen molar-refractivity contribution in [1.29, 1.82) is 0 Å². The van der Waals surface area contributed by atoms with Crippen LogP contribution in [0.15, 0.2) is 54.7 Å². The maximum atomic E-state index is 12.7. The average molecular weight is 411 g/mol. The highest BCUT2D eigenvalue weighted by Crippen LogP contribution is 2.31. The zero-order chi connectivity index (χ0) is 21.0. The largest absolute Gasteiger partial charge is 0.496 e. The van der Waals surface area contributed by atoms with E-state index in [0.717, 1.165) is 5.56 Å². The first-order valence-corrected chi connectivity index (χ1v) is 9.18. The Kier molecular flexibility index (Phi) is 6.14. The molecule has 1 aromatic heterocycles. The number of methoxy groups -OCH3 is 1. The highest BCUT2D eigenvalue weighted by atomic mass is 35.5. The standard InChI is InChI=1S/C22H19ClN2O4/c1-13-9-19(22(27)28)24-12-17(13)16-10-14(7-8-18(16)23)21(26)25-11-15-5-3-4-6-20(15)29-2/h3-10,12H,11H2,1-2H3,(H,25,26)(H,27,28). The molecule has 0 aliphatic carbocycles. The summed E-state index contributed by atoms with van der Waals surface area (Å²) in [6.07, 6.45) is 1.45. The lowest BCUT2D eigenvalue weighted by Crippen LogP contribution is -2.23. The van der Waals surface area contributed by atoms with Gasteiger partial charge >= 0.3 is 5.97 Å². The number of hydrogen-bond donors (Lipinski definition) is 2. The molecular formula is C22H19ClN2O4. The first kappa shape index (κ1) is 20.4. The van der Waals surface area contributed by atoms with Crippen LogP contribution in [0.25, 0.3) is 11.1 Å². The molecular weight excluding hydrogens is 392 g/mol. The molecule has 1 amide bonds. The van der Waals surface area contributed by atoms with Crippen molar-refractivity contribution in [3.8, 4) is 16.9 Å². The van der Waals surface area contributed by atoms with Crippen LogP contribution in [-0.4, -0.2) is 29.1 Å². The molecule has 0 saturated carbocycles. The zero-order valence-electron chi connectivity index (χ0n) is 15.9. The van der Waals surface area contributed by atoms with Crippen LogP contribution in [0.4, 0.5) is 0 Å². The number of carbonyl (C=O) groups excluding carboxylic acids is 1. The summed E-state index contributed by atoms with van der Waals surface area (Å²) >= 11 is 6.33. The zero-order valence-corrected chi connectivity index (χ0v) is 16.7. The topological polar surface area (TPSA) is 88.5 Å². The lowest BCUT2D eigenvalue weighted by atomic mass is 9.99. The number of ether oxygens (including phenoxy) is 1. The van der Waals surface area contributed by atoms with E-state index in [2.05, 4.69) is 10.3 Å². The number of halogens is 1. The molecule has 0 unspecified atom stereocenters. The van der Waals surface area contributed by atoms with E-state index < -0.39 is 5.97 Å². The summed E-state index contributed by atoms with van der Waals surface area (Å²) < 4.78 is 5.30. The van der Waals surface area contributed by atoms with E-state index in [0.29, 0.717) is 39.6 Å². The van der Waals surface area contributed by atoms with Gasteiger partial charge in [0.2, 0.25) is 0 Å². The molecule has 0 spiro atoms. The van der Waals surface area contributed by atoms with Crippen molar-refractivity contribution in [3.63, 3.8) is 0 Å². The average Bonchev–Trinajstić information content (AvgIpc) is 2.72. The molecule has 3 aromatic rings. The van der Waals surface area contributed by atoms with Gasteiger partial charge in [-0.2, -0.15) is 0 Å². The number of hydrogen-bond acceptors (Lipinski definition) is 4. The number of benzene rings is 2. The molecule has 2 aromatic carbocycles. The molecule has 3 rings (SSSR count). The summed E-state index contributed by atoms with van der Waals surface area (Å²) in [5, 5.41) is 12.4. The third kappa shape index (κ3) is 4.55. The van der Waals surface area contributed by atoms with Crippen LogP contribution in [0.3, 0.4) is 0 Å². The van der Waals surface area contributed by atoms with Crippen molar-refractivity contribution in [2.45, 2.75) is 13.5 Å². The predicted octanol–water partition coefficient (Wildman–Crippen LogP) is 4.35. The molecule has 29 heavy (non-hydrogen) atoms. The van der Waals surface area contributed by atoms with Gasteiger partial charge in [0.25, 0.3) is 5.91 Å². The molecule has 1 heterocycles. The van der Waals surface area contributed by atoms with Gasteiger partial charge in [-0.05, 0) is 42.8 Å². The van der Waals surface area contributed by atoms with Gasteiger partial charge < -0.3 is 15.2 Å². The number of nitrogens with zero attached hydrogens (tertiary/aromatic N) is 1. The van der Waals surface area contributed by atoms with Gasteiger partial charge in [-0.15, -0.1) is 0 Å². The van der Waals surface area contributed by atoms with Crippen LogP contribution in [0.1, 0.15) is 32.0 Å². The molecule has 0 aliphatic rings. The number of para-hydroxylation sites is 1. The van der Waals surface area contributed by atoms with E-state index in [1.807, 2.05) is 24.3 Å². The Morgan fingerprint density at radius 1 is 1.14 bits per heavy atom. The lowest BCUT2D eigenvalue weighted by Gasteiger charge is -2.12. The monoisotopic (exact) mass is 410 g/mol. The summed E-state index contributed by atoms with van der Waals surface area (Å²) in [6.45, 7) is 2.09. The van der Waals surface area contributed by atoms with Gasteiger partial charge in [-0.3, -0.25) is 4.79 Å². The second kappa shape index (κ2) is 8.75. The molecule has 6 nitrogen and oxygen atoms in total. The Hall–Kier alpha value is -3.38. The highest BCUT2D eigenvalue weighted by Gasteiger charge is 2.14. The molecule has 0 aliphatic heterocycles. The highest BCUT2D eigenvalue weighted by molar-refractivity contribution is 6.33. The number of carboxylic acid groups (broad SMARTS) is 1. The van der Waals surface area contributed by atoms with Crippen molar-refractivity contribution < 1.29 is 19.4 Å². The minimum absolute atomic E-state index is 0.0481. The fraction of sp³-hybridized carbons (Fsp3) is 0.136. The number of aromatic carboxylic acids is 1. The summed E-state index contributed by atoms with van der Waals surface area (Å²) in [7, 11) is 1.58. The number of carboxylic acids is 1. The number of aromatic nitrogens is 1. The Bertz CT molecular complexity index is 1080. The Labute approximate surface area is 173 Å². The first-order chi connectivity index (χ1) is 13.9. The summed E-state index contributed by atoms with van der Waals surface area (Å²) in [5.74, 6) is -0.665. The summed E-state index contributed by atoms with van der Waals surface area (Å²) in [6, 6.07) is 13.9. The fourth-order valence-corrected chi connectivity index (χ4v) is 3.17. The van der Waals surface area contributed by atoms with Gasteiger partial charge in [0.15, 0.2) is 0 Å². The van der Waals surface area contributed by atoms with Gasteiger partial charge in [-0.1, -0.05) is 29.8 Å². The van der Waals surface area contributed by atoms with E-state index in [1.165, 1.54) is 12.3 Å². The van der Waals surface area contributed by atoms with Crippen molar-refractivity contribution in [3.05, 3.63) is 82.1 Å². The van der Waals surface area contributed by atoms with Crippen LogP contribution >= 0.6 is 11.6 Å².